The van der Waals surface area contributed by atoms with Crippen LogP contribution in [0.5, 0.6) is 0 Å². The minimum absolute atomic E-state index is 0.00417. The van der Waals surface area contributed by atoms with Gasteiger partial charge < -0.3 is 14.6 Å². The van der Waals surface area contributed by atoms with Gasteiger partial charge in [0, 0.05) is 32.3 Å². The third kappa shape index (κ3) is 3.75. The Morgan fingerprint density at radius 1 is 1.44 bits per heavy atom. The molecule has 3 heterocycles. The summed E-state index contributed by atoms with van der Waals surface area (Å²) in [5, 5.41) is 7.34. The molecule has 2 amide bonds. The van der Waals surface area contributed by atoms with Crippen molar-refractivity contribution in [2.45, 2.75) is 33.2 Å². The van der Waals surface area contributed by atoms with Crippen molar-refractivity contribution in [1.82, 2.24) is 20.0 Å². The van der Waals surface area contributed by atoms with Gasteiger partial charge in [-0.1, -0.05) is 0 Å². The van der Waals surface area contributed by atoms with Gasteiger partial charge in [-0.05, 0) is 38.0 Å². The van der Waals surface area contributed by atoms with Crippen LogP contribution in [0.25, 0.3) is 0 Å². The van der Waals surface area contributed by atoms with Crippen LogP contribution in [0.4, 0.5) is 0 Å². The maximum atomic E-state index is 12.4. The number of nitrogens with one attached hydrogen (secondary N) is 1. The molecule has 1 saturated heterocycles. The van der Waals surface area contributed by atoms with Gasteiger partial charge in [0.05, 0.1) is 24.4 Å². The quantitative estimate of drug-likeness (QED) is 0.857. The lowest BCUT2D eigenvalue weighted by Crippen LogP contribution is -2.34. The summed E-state index contributed by atoms with van der Waals surface area (Å²) in [5.74, 6) is 0.375. The first-order valence-electron chi connectivity index (χ1n) is 8.52. The van der Waals surface area contributed by atoms with E-state index in [0.717, 1.165) is 23.6 Å². The average Bonchev–Trinajstić information content (AvgIpc) is 3.26. The second-order valence-corrected chi connectivity index (χ2v) is 6.57. The fourth-order valence-corrected chi connectivity index (χ4v) is 3.33. The molecule has 2 aromatic heterocycles. The molecule has 7 heteroatoms. The maximum absolute atomic E-state index is 12.4. The van der Waals surface area contributed by atoms with Crippen LogP contribution >= 0.6 is 0 Å². The zero-order valence-electron chi connectivity index (χ0n) is 14.9. The van der Waals surface area contributed by atoms with Crippen molar-refractivity contribution in [2.24, 2.45) is 13.0 Å². The predicted molar refractivity (Wildman–Crippen MR) is 91.6 cm³/mol. The lowest BCUT2D eigenvalue weighted by atomic mass is 10.1. The van der Waals surface area contributed by atoms with Crippen LogP contribution in [0.3, 0.4) is 0 Å². The summed E-state index contributed by atoms with van der Waals surface area (Å²) in [4.78, 5) is 26.1. The van der Waals surface area contributed by atoms with Crippen molar-refractivity contribution in [3.05, 3.63) is 41.1 Å². The highest BCUT2D eigenvalue weighted by molar-refractivity contribution is 5.89. The minimum Gasteiger partial charge on any atom is -0.467 e. The van der Waals surface area contributed by atoms with Crippen LogP contribution in [-0.2, 0) is 29.6 Å². The predicted octanol–water partition coefficient (Wildman–Crippen LogP) is 1.34. The molecular formula is C18H24N4O3. The molecule has 0 aliphatic carbocycles. The molecule has 1 atom stereocenters. The minimum atomic E-state index is -0.293. The van der Waals surface area contributed by atoms with E-state index in [1.54, 1.807) is 17.2 Å². The molecule has 1 N–H and O–H groups in total. The smallest absolute Gasteiger partial charge is 0.225 e. The van der Waals surface area contributed by atoms with Crippen molar-refractivity contribution in [3.63, 3.8) is 0 Å². The first kappa shape index (κ1) is 17.3. The van der Waals surface area contributed by atoms with E-state index in [0.29, 0.717) is 19.6 Å². The summed E-state index contributed by atoms with van der Waals surface area (Å²) >= 11 is 0. The highest BCUT2D eigenvalue weighted by Crippen LogP contribution is 2.20. The first-order chi connectivity index (χ1) is 12.0. The number of rotatable bonds is 6. The van der Waals surface area contributed by atoms with Crippen LogP contribution in [0.1, 0.15) is 29.1 Å². The summed E-state index contributed by atoms with van der Waals surface area (Å²) in [5.41, 5.74) is 3.28. The Labute approximate surface area is 147 Å². The molecule has 1 unspecified atom stereocenters. The average molecular weight is 344 g/mol. The monoisotopic (exact) mass is 344 g/mol. The molecule has 7 nitrogen and oxygen atoms in total. The van der Waals surface area contributed by atoms with E-state index in [-0.39, 0.29) is 24.2 Å². The third-order valence-electron chi connectivity index (χ3n) is 4.85. The molecule has 3 rings (SSSR count). The van der Waals surface area contributed by atoms with E-state index in [1.165, 1.54) is 5.56 Å². The maximum Gasteiger partial charge on any atom is 0.225 e. The molecule has 0 saturated carbocycles. The zero-order valence-corrected chi connectivity index (χ0v) is 14.9. The Morgan fingerprint density at radius 2 is 2.24 bits per heavy atom. The number of hydrogen-bond donors (Lipinski definition) is 1. The summed E-state index contributed by atoms with van der Waals surface area (Å²) < 4.78 is 7.13. The number of aromatic nitrogens is 2. The number of carbonyl (C=O) groups excluding carboxylic acids is 2. The number of nitrogens with zero attached hydrogens (tertiary/aromatic N) is 3. The van der Waals surface area contributed by atoms with E-state index in [1.807, 2.05) is 31.6 Å². The largest absolute Gasteiger partial charge is 0.467 e. The molecule has 1 aliphatic rings. The Kier molecular flexibility index (Phi) is 4.92. The first-order valence-corrected chi connectivity index (χ1v) is 8.52. The van der Waals surface area contributed by atoms with Crippen molar-refractivity contribution in [3.8, 4) is 0 Å². The number of furan rings is 1. The van der Waals surface area contributed by atoms with Crippen LogP contribution in [0.15, 0.2) is 22.8 Å². The van der Waals surface area contributed by atoms with E-state index in [2.05, 4.69) is 10.4 Å². The van der Waals surface area contributed by atoms with Crippen LogP contribution in [0.2, 0.25) is 0 Å². The van der Waals surface area contributed by atoms with Gasteiger partial charge in [-0.3, -0.25) is 14.3 Å². The summed E-state index contributed by atoms with van der Waals surface area (Å²) in [7, 11) is 1.92. The summed E-state index contributed by atoms with van der Waals surface area (Å²) in [6, 6.07) is 3.63. The van der Waals surface area contributed by atoms with Crippen LogP contribution in [-0.4, -0.2) is 39.6 Å². The molecule has 1 fully saturated rings. The van der Waals surface area contributed by atoms with E-state index < -0.39 is 0 Å². The highest BCUT2D eigenvalue weighted by atomic mass is 16.3. The number of amides is 2. The molecular weight excluding hydrogens is 320 g/mol. The summed E-state index contributed by atoms with van der Waals surface area (Å²) in [6.07, 6.45) is 2.59. The van der Waals surface area contributed by atoms with Gasteiger partial charge in [0.25, 0.3) is 0 Å². The van der Waals surface area contributed by atoms with E-state index in [9.17, 15) is 9.59 Å². The lowest BCUT2D eigenvalue weighted by Gasteiger charge is -2.15. The van der Waals surface area contributed by atoms with Gasteiger partial charge in [-0.25, -0.2) is 0 Å². The summed E-state index contributed by atoms with van der Waals surface area (Å²) in [6.45, 7) is 5.42. The second-order valence-electron chi connectivity index (χ2n) is 6.57. The normalized spacial score (nSPS) is 17.3. The molecule has 25 heavy (non-hydrogen) atoms. The van der Waals surface area contributed by atoms with Gasteiger partial charge in [-0.15, -0.1) is 0 Å². The fraction of sp³-hybridized carbons (Fsp3) is 0.500. The van der Waals surface area contributed by atoms with Crippen molar-refractivity contribution in [1.29, 1.82) is 0 Å². The second kappa shape index (κ2) is 7.13. The van der Waals surface area contributed by atoms with Gasteiger partial charge in [-0.2, -0.15) is 5.10 Å². The molecule has 134 valence electrons. The van der Waals surface area contributed by atoms with Gasteiger partial charge in [0.15, 0.2) is 0 Å². The SMILES string of the molecule is Cc1nn(C)c(C)c1CCNC(=O)C1CC(=O)N(Cc2ccco2)C1. The van der Waals surface area contributed by atoms with Gasteiger partial charge >= 0.3 is 0 Å². The number of aryl methyl sites for hydroxylation is 2. The van der Waals surface area contributed by atoms with Crippen molar-refractivity contribution >= 4 is 11.8 Å². The Hall–Kier alpha value is -2.57. The number of likely N-dealkylation sites (tertiary alicyclic amines) is 1. The number of carbonyl (C=O) groups is 2. The van der Waals surface area contributed by atoms with E-state index >= 15 is 0 Å². The van der Waals surface area contributed by atoms with Crippen molar-refractivity contribution in [2.75, 3.05) is 13.1 Å². The molecule has 0 aromatic carbocycles. The Bertz CT molecular complexity index is 764. The zero-order chi connectivity index (χ0) is 18.0. The Morgan fingerprint density at radius 3 is 2.88 bits per heavy atom. The van der Waals surface area contributed by atoms with Crippen molar-refractivity contribution < 1.29 is 14.0 Å². The lowest BCUT2D eigenvalue weighted by molar-refractivity contribution is -0.129. The third-order valence-corrected chi connectivity index (χ3v) is 4.85. The van der Waals surface area contributed by atoms with Crippen LogP contribution in [0, 0.1) is 19.8 Å². The Balaban J connectivity index is 1.49. The molecule has 1 aliphatic heterocycles. The van der Waals surface area contributed by atoms with E-state index in [4.69, 9.17) is 4.42 Å². The molecule has 2 aromatic rings. The fourth-order valence-electron chi connectivity index (χ4n) is 3.33. The van der Waals surface area contributed by atoms with Gasteiger partial charge in [0.1, 0.15) is 5.76 Å². The molecule has 0 spiro atoms. The highest BCUT2D eigenvalue weighted by Gasteiger charge is 2.34. The van der Waals surface area contributed by atoms with Gasteiger partial charge in [0.2, 0.25) is 11.8 Å². The standard InChI is InChI=1S/C18H24N4O3/c1-12-16(13(2)21(3)20-12)6-7-19-18(24)14-9-17(23)22(10-14)11-15-5-4-8-25-15/h4-5,8,14H,6-7,9-11H2,1-3H3,(H,19,24). The van der Waals surface area contributed by atoms with Crippen LogP contribution < -0.4 is 5.32 Å². The number of hydrogen-bond acceptors (Lipinski definition) is 4. The molecule has 0 radical (unpaired) electrons. The molecule has 0 bridgehead atoms. The topological polar surface area (TPSA) is 80.4 Å².